The van der Waals surface area contributed by atoms with Gasteiger partial charge in [-0.15, -0.1) is 0 Å². The van der Waals surface area contributed by atoms with Gasteiger partial charge in [0.05, 0.1) is 37.0 Å². The van der Waals surface area contributed by atoms with Crippen molar-refractivity contribution < 1.29 is 27.2 Å². The van der Waals surface area contributed by atoms with Crippen molar-refractivity contribution in [2.24, 2.45) is 0 Å². The molecule has 144 valence electrons. The minimum absolute atomic E-state index is 0.244. The topological polar surface area (TPSA) is 71.1 Å². The molecule has 0 atom stereocenters. The number of hydrogen-bond acceptors (Lipinski definition) is 6. The first-order chi connectivity index (χ1) is 11.7. The molecule has 0 radical (unpaired) electrons. The van der Waals surface area contributed by atoms with Crippen LogP contribution in [0.3, 0.4) is 0 Å². The minimum atomic E-state index is -3.53. The van der Waals surface area contributed by atoms with Crippen LogP contribution in [0.5, 0.6) is 0 Å². The van der Waals surface area contributed by atoms with Crippen LogP contribution in [-0.4, -0.2) is 26.4 Å². The molecule has 0 aliphatic heterocycles. The summed E-state index contributed by atoms with van der Waals surface area (Å²) in [5.41, 5.74) is 2.11. The summed E-state index contributed by atoms with van der Waals surface area (Å²) in [5.74, 6) is 0. The normalized spacial score (nSPS) is 12.6. The molecule has 0 amide bonds. The van der Waals surface area contributed by atoms with E-state index in [1.54, 1.807) is 34.6 Å². The highest BCUT2D eigenvalue weighted by atomic mass is 31.2. The lowest BCUT2D eigenvalue weighted by Gasteiger charge is -2.26. The Hall–Kier alpha value is -0.480. The van der Waals surface area contributed by atoms with Crippen molar-refractivity contribution in [3.8, 4) is 0 Å². The first-order valence-electron chi connectivity index (χ1n) is 8.60. The molecular formula is C17H30O6P2. The molecule has 0 heterocycles. The summed E-state index contributed by atoms with van der Waals surface area (Å²) in [7, 11) is -7.07. The second kappa shape index (κ2) is 9.45. The molecular weight excluding hydrogens is 362 g/mol. The fraction of sp³-hybridized carbons (Fsp3) is 0.647. The van der Waals surface area contributed by atoms with Crippen molar-refractivity contribution >= 4 is 25.8 Å². The van der Waals surface area contributed by atoms with Crippen LogP contribution in [0.15, 0.2) is 6.07 Å². The fourth-order valence-corrected chi connectivity index (χ4v) is 7.17. The highest BCUT2D eigenvalue weighted by Crippen LogP contribution is 2.52. The highest BCUT2D eigenvalue weighted by Gasteiger charge is 2.38. The molecule has 0 bridgehead atoms. The van der Waals surface area contributed by atoms with Crippen molar-refractivity contribution in [1.82, 2.24) is 0 Å². The van der Waals surface area contributed by atoms with Crippen LogP contribution in [0.4, 0.5) is 0 Å². The van der Waals surface area contributed by atoms with E-state index < -0.39 is 15.2 Å². The van der Waals surface area contributed by atoms with Gasteiger partial charge < -0.3 is 18.1 Å². The van der Waals surface area contributed by atoms with Gasteiger partial charge in [0.15, 0.2) is 0 Å². The van der Waals surface area contributed by atoms with Crippen molar-refractivity contribution in [2.75, 3.05) is 26.4 Å². The third kappa shape index (κ3) is 4.82. The Morgan fingerprint density at radius 3 is 1.20 bits per heavy atom. The first-order valence-corrected chi connectivity index (χ1v) is 11.7. The molecule has 0 aliphatic rings. The Morgan fingerprint density at radius 2 is 0.960 bits per heavy atom. The lowest BCUT2D eigenvalue weighted by atomic mass is 10.1. The highest BCUT2D eigenvalue weighted by molar-refractivity contribution is 7.64. The molecule has 0 aromatic heterocycles. The van der Waals surface area contributed by atoms with Crippen LogP contribution in [-0.2, 0) is 27.2 Å². The summed E-state index contributed by atoms with van der Waals surface area (Å²) in [6, 6.07) is 1.83. The summed E-state index contributed by atoms with van der Waals surface area (Å²) in [6.45, 7) is 13.5. The van der Waals surface area contributed by atoms with Crippen molar-refractivity contribution in [3.63, 3.8) is 0 Å². The molecule has 8 heteroatoms. The Labute approximate surface area is 151 Å². The summed E-state index contributed by atoms with van der Waals surface area (Å²) < 4.78 is 48.7. The van der Waals surface area contributed by atoms with Gasteiger partial charge in [-0.1, -0.05) is 6.07 Å². The van der Waals surface area contributed by atoms with Crippen molar-refractivity contribution in [3.05, 3.63) is 22.8 Å². The fourth-order valence-electron chi connectivity index (χ4n) is 3.02. The summed E-state index contributed by atoms with van der Waals surface area (Å²) in [6.07, 6.45) is 0. The molecule has 1 aromatic rings. The second-order valence-corrected chi connectivity index (χ2v) is 9.42. The molecule has 0 aliphatic carbocycles. The molecule has 0 spiro atoms. The maximum atomic E-state index is 13.3. The summed E-state index contributed by atoms with van der Waals surface area (Å²) >= 11 is 0. The van der Waals surface area contributed by atoms with E-state index in [4.69, 9.17) is 18.1 Å². The maximum Gasteiger partial charge on any atom is 0.361 e. The van der Waals surface area contributed by atoms with Gasteiger partial charge in [-0.25, -0.2) is 0 Å². The molecule has 0 saturated heterocycles. The Morgan fingerprint density at radius 1 is 0.680 bits per heavy atom. The van der Waals surface area contributed by atoms with E-state index in [-0.39, 0.29) is 26.4 Å². The number of benzene rings is 1. The quantitative estimate of drug-likeness (QED) is 0.550. The van der Waals surface area contributed by atoms with Crippen LogP contribution in [0.2, 0.25) is 0 Å². The average molecular weight is 392 g/mol. The van der Waals surface area contributed by atoms with Gasteiger partial charge >= 0.3 is 15.2 Å². The van der Waals surface area contributed by atoms with Gasteiger partial charge in [-0.3, -0.25) is 9.13 Å². The molecule has 6 nitrogen and oxygen atoms in total. The van der Waals surface area contributed by atoms with E-state index in [1.807, 2.05) is 19.9 Å². The van der Waals surface area contributed by atoms with Gasteiger partial charge in [0.2, 0.25) is 0 Å². The molecule has 0 saturated carbocycles. The zero-order valence-corrected chi connectivity index (χ0v) is 18.0. The maximum absolute atomic E-state index is 13.3. The van der Waals surface area contributed by atoms with Gasteiger partial charge in [0.1, 0.15) is 0 Å². The molecule has 25 heavy (non-hydrogen) atoms. The van der Waals surface area contributed by atoms with E-state index in [9.17, 15) is 9.13 Å². The van der Waals surface area contributed by atoms with E-state index in [2.05, 4.69) is 0 Å². The van der Waals surface area contributed by atoms with Gasteiger partial charge in [0, 0.05) is 0 Å². The van der Waals surface area contributed by atoms with Gasteiger partial charge in [0.25, 0.3) is 0 Å². The standard InChI is InChI=1S/C17H30O6P2/c1-8-20-24(18,21-9-2)16-13(5)12-14(6)17(15(16)7)25(19,22-10-3)23-11-4/h12H,8-11H2,1-7H3. The molecule has 0 fully saturated rings. The van der Waals surface area contributed by atoms with Crippen molar-refractivity contribution in [2.45, 2.75) is 48.5 Å². The predicted octanol–water partition coefficient (Wildman–Crippen LogP) is 4.39. The zero-order chi connectivity index (χ0) is 19.3. The monoisotopic (exact) mass is 392 g/mol. The number of rotatable bonds is 10. The second-order valence-electron chi connectivity index (χ2n) is 5.50. The molecule has 1 aromatic carbocycles. The minimum Gasteiger partial charge on any atom is -0.305 e. The Kier molecular flexibility index (Phi) is 8.53. The predicted molar refractivity (Wildman–Crippen MR) is 102 cm³/mol. The van der Waals surface area contributed by atoms with E-state index in [0.29, 0.717) is 16.2 Å². The molecule has 0 N–H and O–H groups in total. The number of hydrogen-bond donors (Lipinski definition) is 0. The summed E-state index contributed by atoms with van der Waals surface area (Å²) in [5, 5.41) is 0.882. The molecule has 1 rings (SSSR count). The SMILES string of the molecule is CCOP(=O)(OCC)c1c(C)cc(C)c(P(=O)(OCC)OCC)c1C. The van der Waals surface area contributed by atoms with Crippen LogP contribution in [0, 0.1) is 20.8 Å². The third-order valence-corrected chi connectivity index (χ3v) is 8.50. The lowest BCUT2D eigenvalue weighted by molar-refractivity contribution is 0.229. The van der Waals surface area contributed by atoms with Crippen LogP contribution in [0.1, 0.15) is 44.4 Å². The van der Waals surface area contributed by atoms with E-state index in [1.165, 1.54) is 0 Å². The van der Waals surface area contributed by atoms with Crippen molar-refractivity contribution in [1.29, 1.82) is 0 Å². The largest absolute Gasteiger partial charge is 0.361 e. The third-order valence-electron chi connectivity index (χ3n) is 3.63. The number of aryl methyl sites for hydroxylation is 2. The van der Waals surface area contributed by atoms with Gasteiger partial charge in [-0.2, -0.15) is 0 Å². The van der Waals surface area contributed by atoms with Crippen LogP contribution >= 0.6 is 15.2 Å². The van der Waals surface area contributed by atoms with Gasteiger partial charge in [-0.05, 0) is 65.2 Å². The van der Waals surface area contributed by atoms with E-state index in [0.717, 1.165) is 11.1 Å². The van der Waals surface area contributed by atoms with E-state index >= 15 is 0 Å². The van der Waals surface area contributed by atoms with Crippen LogP contribution < -0.4 is 10.6 Å². The lowest BCUT2D eigenvalue weighted by Crippen LogP contribution is -2.28. The Balaban J connectivity index is 3.74. The smallest absolute Gasteiger partial charge is 0.305 e. The Bertz CT molecular complexity index is 612. The average Bonchev–Trinajstić information content (AvgIpc) is 2.47. The molecule has 0 unspecified atom stereocenters. The first kappa shape index (κ1) is 22.6. The zero-order valence-electron chi connectivity index (χ0n) is 16.2. The summed E-state index contributed by atoms with van der Waals surface area (Å²) in [4.78, 5) is 0. The van der Waals surface area contributed by atoms with Crippen LogP contribution in [0.25, 0.3) is 0 Å².